The lowest BCUT2D eigenvalue weighted by Gasteiger charge is -2.17. The predicted octanol–water partition coefficient (Wildman–Crippen LogP) is 6.95. The van der Waals surface area contributed by atoms with Crippen LogP contribution in [0.3, 0.4) is 0 Å². The van der Waals surface area contributed by atoms with Gasteiger partial charge in [-0.2, -0.15) is 13.2 Å². The maximum Gasteiger partial charge on any atom is 0.416 e. The summed E-state index contributed by atoms with van der Waals surface area (Å²) in [5.74, 6) is -2.39. The van der Waals surface area contributed by atoms with Crippen molar-refractivity contribution in [2.45, 2.75) is 22.7 Å². The van der Waals surface area contributed by atoms with Gasteiger partial charge in [0.15, 0.2) is 15.0 Å². The number of anilines is 1. The zero-order valence-corrected chi connectivity index (χ0v) is 25.0. The minimum atomic E-state index is -4.60. The highest BCUT2D eigenvalue weighted by Crippen LogP contribution is 2.36. The third-order valence-electron chi connectivity index (χ3n) is 6.83. The van der Waals surface area contributed by atoms with E-state index in [-0.39, 0.29) is 22.3 Å². The minimum Gasteiger partial charge on any atom is -0.326 e. The number of nitrogens with zero attached hydrogens (tertiary/aromatic N) is 2. The number of para-hydroxylation sites is 1. The predicted molar refractivity (Wildman–Crippen MR) is 165 cm³/mol. The molecule has 0 saturated carbocycles. The van der Waals surface area contributed by atoms with Gasteiger partial charge in [-0.1, -0.05) is 66.4 Å². The Morgan fingerprint density at radius 1 is 0.911 bits per heavy atom. The van der Waals surface area contributed by atoms with Crippen molar-refractivity contribution in [3.8, 4) is 11.1 Å². The number of amides is 2. The molecule has 1 heterocycles. The Hall–Kier alpha value is -4.49. The molecular weight excluding hydrogens is 630 g/mol. The average molecular weight is 656 g/mol. The second kappa shape index (κ2) is 13.2. The van der Waals surface area contributed by atoms with E-state index in [1.807, 2.05) is 42.5 Å². The van der Waals surface area contributed by atoms with Gasteiger partial charge in [-0.15, -0.1) is 0 Å². The number of sulfone groups is 1. The van der Waals surface area contributed by atoms with E-state index in [2.05, 4.69) is 5.32 Å². The normalized spacial score (nSPS) is 16.3. The number of benzene rings is 4. The van der Waals surface area contributed by atoms with Crippen LogP contribution >= 0.6 is 11.8 Å². The van der Waals surface area contributed by atoms with Crippen LogP contribution in [0.2, 0.25) is 0 Å². The van der Waals surface area contributed by atoms with E-state index in [4.69, 9.17) is 4.99 Å². The molecular formula is C32H25F4N3O4S2. The lowest BCUT2D eigenvalue weighted by molar-refractivity contribution is -0.137. The molecule has 5 rings (SSSR count). The van der Waals surface area contributed by atoms with E-state index in [0.717, 1.165) is 65.4 Å². The lowest BCUT2D eigenvalue weighted by atomic mass is 10.0. The second-order valence-corrected chi connectivity index (χ2v) is 13.3. The van der Waals surface area contributed by atoms with Crippen LogP contribution in [-0.2, 0) is 25.6 Å². The lowest BCUT2D eigenvalue weighted by Crippen LogP contribution is -2.36. The van der Waals surface area contributed by atoms with Gasteiger partial charge in [0, 0.05) is 24.2 Å². The van der Waals surface area contributed by atoms with Crippen LogP contribution in [0, 0.1) is 5.82 Å². The highest BCUT2D eigenvalue weighted by atomic mass is 32.2. The zero-order valence-electron chi connectivity index (χ0n) is 23.4. The summed E-state index contributed by atoms with van der Waals surface area (Å²) < 4.78 is 78.8. The third-order valence-corrected chi connectivity index (χ3v) is 9.71. The van der Waals surface area contributed by atoms with Crippen LogP contribution < -0.4 is 5.32 Å². The Labute approximate surface area is 260 Å². The second-order valence-electron chi connectivity index (χ2n) is 9.98. The Bertz CT molecular complexity index is 1850. The van der Waals surface area contributed by atoms with E-state index in [1.165, 1.54) is 11.0 Å². The summed E-state index contributed by atoms with van der Waals surface area (Å²) in [5, 5.41) is 1.55. The number of alkyl halides is 3. The summed E-state index contributed by atoms with van der Waals surface area (Å²) in [6.07, 6.45) is -5.01. The van der Waals surface area contributed by atoms with Crippen molar-refractivity contribution in [1.29, 1.82) is 0 Å². The van der Waals surface area contributed by atoms with Gasteiger partial charge >= 0.3 is 6.18 Å². The quantitative estimate of drug-likeness (QED) is 0.156. The Morgan fingerprint density at radius 2 is 1.60 bits per heavy atom. The van der Waals surface area contributed by atoms with Crippen LogP contribution in [0.15, 0.2) is 113 Å². The Morgan fingerprint density at radius 3 is 2.31 bits per heavy atom. The molecule has 1 N–H and O–H groups in total. The number of halogens is 4. The van der Waals surface area contributed by atoms with Crippen molar-refractivity contribution < 1.29 is 35.6 Å². The number of carbonyl (C=O) groups is 2. The van der Waals surface area contributed by atoms with E-state index < -0.39 is 56.6 Å². The highest BCUT2D eigenvalue weighted by Gasteiger charge is 2.40. The van der Waals surface area contributed by atoms with E-state index >= 15 is 0 Å². The van der Waals surface area contributed by atoms with E-state index in [0.29, 0.717) is 5.69 Å². The summed E-state index contributed by atoms with van der Waals surface area (Å²) >= 11 is 0.961. The van der Waals surface area contributed by atoms with Gasteiger partial charge in [-0.25, -0.2) is 17.8 Å². The number of nitrogens with one attached hydrogen (secondary N) is 1. The molecule has 0 spiro atoms. The molecule has 1 aliphatic rings. The fourth-order valence-electron chi connectivity index (χ4n) is 4.59. The maximum absolute atomic E-state index is 13.6. The van der Waals surface area contributed by atoms with Gasteiger partial charge in [0.05, 0.1) is 21.9 Å². The van der Waals surface area contributed by atoms with Gasteiger partial charge in [0.1, 0.15) is 11.1 Å². The van der Waals surface area contributed by atoms with Gasteiger partial charge in [0.25, 0.3) is 0 Å². The molecule has 4 aromatic rings. The molecule has 1 aliphatic heterocycles. The van der Waals surface area contributed by atoms with Crippen molar-refractivity contribution in [3.63, 3.8) is 0 Å². The first-order valence-corrected chi connectivity index (χ1v) is 16.1. The van der Waals surface area contributed by atoms with Gasteiger partial charge < -0.3 is 5.32 Å². The molecule has 0 aliphatic carbocycles. The fraction of sp³-hybridized carbons (Fsp3) is 0.156. The molecule has 1 atom stereocenters. The number of amidine groups is 1. The first-order chi connectivity index (χ1) is 21.4. The summed E-state index contributed by atoms with van der Waals surface area (Å²) in [5.41, 5.74) is 1.09. The maximum atomic E-state index is 13.6. The molecule has 13 heteroatoms. The Kier molecular flexibility index (Phi) is 9.40. The smallest absolute Gasteiger partial charge is 0.326 e. The molecule has 0 radical (unpaired) electrons. The Balaban J connectivity index is 1.41. The number of hydrogen-bond donors (Lipinski definition) is 1. The largest absolute Gasteiger partial charge is 0.416 e. The highest BCUT2D eigenvalue weighted by molar-refractivity contribution is 8.15. The zero-order chi connectivity index (χ0) is 32.2. The molecule has 1 unspecified atom stereocenters. The molecule has 0 bridgehead atoms. The summed E-state index contributed by atoms with van der Waals surface area (Å²) in [6.45, 7) is -0.302. The van der Waals surface area contributed by atoms with Crippen LogP contribution in [0.4, 0.5) is 28.9 Å². The van der Waals surface area contributed by atoms with Gasteiger partial charge in [-0.05, 0) is 54.1 Å². The summed E-state index contributed by atoms with van der Waals surface area (Å²) in [6, 6.07) is 25.0. The fourth-order valence-corrected chi connectivity index (χ4v) is 6.98. The first kappa shape index (κ1) is 31.9. The summed E-state index contributed by atoms with van der Waals surface area (Å²) in [7, 11) is -3.93. The number of hydrogen-bond acceptors (Lipinski definition) is 6. The molecule has 45 heavy (non-hydrogen) atoms. The van der Waals surface area contributed by atoms with Gasteiger partial charge in [0.2, 0.25) is 11.8 Å². The molecule has 1 saturated heterocycles. The molecule has 1 fully saturated rings. The molecule has 2 amide bonds. The van der Waals surface area contributed by atoms with E-state index in [1.54, 1.807) is 12.1 Å². The van der Waals surface area contributed by atoms with E-state index in [9.17, 15) is 35.6 Å². The third kappa shape index (κ3) is 7.78. The molecule has 4 aromatic carbocycles. The van der Waals surface area contributed by atoms with Crippen LogP contribution in [-0.4, -0.2) is 47.8 Å². The van der Waals surface area contributed by atoms with Crippen LogP contribution in [0.1, 0.15) is 12.0 Å². The van der Waals surface area contributed by atoms with Crippen molar-refractivity contribution in [3.05, 3.63) is 115 Å². The molecule has 232 valence electrons. The van der Waals surface area contributed by atoms with Gasteiger partial charge in [-0.3, -0.25) is 14.5 Å². The van der Waals surface area contributed by atoms with Crippen molar-refractivity contribution in [2.24, 2.45) is 4.99 Å². The minimum absolute atomic E-state index is 0.0850. The number of thioether (sulfide) groups is 1. The summed E-state index contributed by atoms with van der Waals surface area (Å²) in [4.78, 5) is 32.2. The number of carbonyl (C=O) groups excluding carboxylic acids is 2. The number of rotatable bonds is 9. The van der Waals surface area contributed by atoms with Crippen molar-refractivity contribution >= 4 is 50.0 Å². The van der Waals surface area contributed by atoms with Crippen LogP contribution in [0.5, 0.6) is 0 Å². The first-order valence-electron chi connectivity index (χ1n) is 13.6. The molecule has 0 aromatic heterocycles. The molecule has 7 nitrogen and oxygen atoms in total. The topological polar surface area (TPSA) is 95.9 Å². The standard InChI is InChI=1S/C32H25F4N3O4S2/c33-23-13-15-25(16-14-23)45(42,43)18-17-39-30(41)28(20-29(40)37-24-10-6-9-22(19-24)32(34,35)36)44-31(39)38-27-12-5-4-11-26(27)21-7-2-1-3-8-21/h1-16,19,28H,17-18,20H2,(H,37,40). The van der Waals surface area contributed by atoms with Crippen LogP contribution in [0.25, 0.3) is 11.1 Å². The van der Waals surface area contributed by atoms with Crippen molar-refractivity contribution in [1.82, 2.24) is 4.90 Å². The monoisotopic (exact) mass is 655 g/mol. The van der Waals surface area contributed by atoms with Crippen molar-refractivity contribution in [2.75, 3.05) is 17.6 Å². The average Bonchev–Trinajstić information content (AvgIpc) is 3.29. The number of aliphatic imine (C=N–C) groups is 1. The SMILES string of the molecule is O=C(CC1SC(=Nc2ccccc2-c2ccccc2)N(CCS(=O)(=O)c2ccc(F)cc2)C1=O)Nc1cccc(C(F)(F)F)c1.